The van der Waals surface area contributed by atoms with Gasteiger partial charge in [-0.05, 0) is 51.6 Å². The molecule has 1 nitrogen and oxygen atoms in total. The fourth-order valence-electron chi connectivity index (χ4n) is 3.65. The van der Waals surface area contributed by atoms with Gasteiger partial charge in [-0.15, -0.1) is 0 Å². The van der Waals surface area contributed by atoms with E-state index in [2.05, 4.69) is 46.3 Å². The van der Waals surface area contributed by atoms with Crippen LogP contribution in [0.25, 0.3) is 32.7 Å². The summed E-state index contributed by atoms with van der Waals surface area (Å²) in [7, 11) is 0. The van der Waals surface area contributed by atoms with Crippen molar-refractivity contribution >= 4 is 43.3 Å². The molecule has 1 aliphatic carbocycles. The van der Waals surface area contributed by atoms with E-state index in [0.717, 1.165) is 48.3 Å². The van der Waals surface area contributed by atoms with Crippen LogP contribution in [0, 0.1) is 0 Å². The van der Waals surface area contributed by atoms with E-state index in [1.54, 1.807) is 0 Å². The molecule has 4 aromatic rings. The van der Waals surface area contributed by atoms with Crippen molar-refractivity contribution in [3.8, 4) is 11.1 Å². The molecule has 108 valence electrons. The Morgan fingerprint density at radius 1 is 0.696 bits per heavy atom. The van der Waals surface area contributed by atoms with Crippen molar-refractivity contribution in [2.45, 2.75) is 0 Å². The molecule has 4 aromatic carbocycles. The lowest BCUT2D eigenvalue weighted by Crippen LogP contribution is -2.10. The Balaban J connectivity index is 2.08. The van der Waals surface area contributed by atoms with Crippen LogP contribution in [-0.4, -0.2) is 5.78 Å². The van der Waals surface area contributed by atoms with E-state index in [1.807, 2.05) is 36.4 Å². The minimum atomic E-state index is 0.119. The van der Waals surface area contributed by atoms with Gasteiger partial charge in [0.1, 0.15) is 0 Å². The van der Waals surface area contributed by atoms with Gasteiger partial charge in [0.2, 0.25) is 0 Å². The molecule has 2 heteroatoms. The maximum Gasteiger partial charge on any atom is 0.194 e. The Morgan fingerprint density at radius 3 is 2.43 bits per heavy atom. The first-order valence-corrected chi connectivity index (χ1v) is 8.32. The number of benzene rings is 4. The van der Waals surface area contributed by atoms with E-state index in [-0.39, 0.29) is 5.78 Å². The van der Waals surface area contributed by atoms with E-state index in [1.165, 1.54) is 0 Å². The molecule has 0 spiro atoms. The highest BCUT2D eigenvalue weighted by atomic mass is 79.9. The second-order valence-corrected chi connectivity index (χ2v) is 6.81. The van der Waals surface area contributed by atoms with Crippen LogP contribution in [0.2, 0.25) is 0 Å². The number of halogens is 1. The number of carbonyl (C=O) groups is 1. The summed E-state index contributed by atoms with van der Waals surface area (Å²) in [6.07, 6.45) is 0. The fraction of sp³-hybridized carbons (Fsp3) is 0. The maximum absolute atomic E-state index is 13.2. The van der Waals surface area contributed by atoms with E-state index in [4.69, 9.17) is 0 Å². The van der Waals surface area contributed by atoms with Gasteiger partial charge in [0, 0.05) is 21.0 Å². The quantitative estimate of drug-likeness (QED) is 0.312. The summed E-state index contributed by atoms with van der Waals surface area (Å²) < 4.78 is 0.991. The SMILES string of the molecule is O=C1c2ccc(Br)cc2-c2cccc3cc4ccccc4c1c23. The van der Waals surface area contributed by atoms with Crippen LogP contribution in [-0.2, 0) is 0 Å². The maximum atomic E-state index is 13.2. The van der Waals surface area contributed by atoms with Gasteiger partial charge in [0.25, 0.3) is 0 Å². The van der Waals surface area contributed by atoms with Gasteiger partial charge in [0.15, 0.2) is 5.78 Å². The molecule has 0 amide bonds. The summed E-state index contributed by atoms with van der Waals surface area (Å²) in [6, 6.07) is 22.5. The second kappa shape index (κ2) is 4.53. The molecule has 0 N–H and O–H groups in total. The third-order valence-electron chi connectivity index (χ3n) is 4.63. The molecule has 0 atom stereocenters. The van der Waals surface area contributed by atoms with Crippen LogP contribution >= 0.6 is 15.9 Å². The van der Waals surface area contributed by atoms with Crippen molar-refractivity contribution in [2.75, 3.05) is 0 Å². The van der Waals surface area contributed by atoms with Gasteiger partial charge in [-0.3, -0.25) is 4.79 Å². The van der Waals surface area contributed by atoms with E-state index >= 15 is 0 Å². The molecule has 5 rings (SSSR count). The zero-order valence-electron chi connectivity index (χ0n) is 12.1. The highest BCUT2D eigenvalue weighted by Crippen LogP contribution is 2.43. The van der Waals surface area contributed by atoms with Crippen molar-refractivity contribution < 1.29 is 4.79 Å². The molecule has 0 aromatic heterocycles. The van der Waals surface area contributed by atoms with Crippen molar-refractivity contribution in [1.82, 2.24) is 0 Å². The second-order valence-electron chi connectivity index (χ2n) is 5.90. The van der Waals surface area contributed by atoms with E-state index in [9.17, 15) is 4.79 Å². The largest absolute Gasteiger partial charge is 0.289 e. The first-order valence-electron chi connectivity index (χ1n) is 7.53. The van der Waals surface area contributed by atoms with Crippen molar-refractivity contribution in [1.29, 1.82) is 0 Å². The average molecular weight is 359 g/mol. The number of hydrogen-bond acceptors (Lipinski definition) is 1. The zero-order valence-corrected chi connectivity index (χ0v) is 13.7. The summed E-state index contributed by atoms with van der Waals surface area (Å²) >= 11 is 3.53. The van der Waals surface area contributed by atoms with Gasteiger partial charge in [-0.2, -0.15) is 0 Å². The van der Waals surface area contributed by atoms with Crippen LogP contribution in [0.1, 0.15) is 15.9 Å². The van der Waals surface area contributed by atoms with Crippen LogP contribution in [0.4, 0.5) is 0 Å². The molecule has 23 heavy (non-hydrogen) atoms. The van der Waals surface area contributed by atoms with Crippen LogP contribution in [0.15, 0.2) is 71.2 Å². The number of fused-ring (bicyclic) bond motifs is 4. The van der Waals surface area contributed by atoms with Crippen molar-refractivity contribution in [3.63, 3.8) is 0 Å². The Hall–Kier alpha value is -2.45. The molecule has 0 radical (unpaired) electrons. The summed E-state index contributed by atoms with van der Waals surface area (Å²) in [4.78, 5) is 13.2. The monoisotopic (exact) mass is 358 g/mol. The minimum Gasteiger partial charge on any atom is -0.289 e. The van der Waals surface area contributed by atoms with Gasteiger partial charge >= 0.3 is 0 Å². The molecule has 0 saturated carbocycles. The van der Waals surface area contributed by atoms with E-state index in [0.29, 0.717) is 0 Å². The molecule has 0 saturated heterocycles. The fourth-order valence-corrected chi connectivity index (χ4v) is 4.02. The van der Waals surface area contributed by atoms with Crippen molar-refractivity contribution in [2.24, 2.45) is 0 Å². The first-order chi connectivity index (χ1) is 11.2. The molecule has 0 aliphatic heterocycles. The summed E-state index contributed by atoms with van der Waals surface area (Å²) in [5.74, 6) is 0.119. The number of hydrogen-bond donors (Lipinski definition) is 0. The molecular weight excluding hydrogens is 348 g/mol. The van der Waals surface area contributed by atoms with Crippen LogP contribution < -0.4 is 0 Å². The summed E-state index contributed by atoms with van der Waals surface area (Å²) in [5.41, 5.74) is 3.77. The molecule has 1 aliphatic rings. The lowest BCUT2D eigenvalue weighted by atomic mass is 9.80. The Kier molecular flexibility index (Phi) is 2.56. The summed E-state index contributed by atoms with van der Waals surface area (Å²) in [6.45, 7) is 0. The number of carbonyl (C=O) groups excluding carboxylic acids is 1. The van der Waals surface area contributed by atoms with Gasteiger partial charge < -0.3 is 0 Å². The smallest absolute Gasteiger partial charge is 0.194 e. The zero-order chi connectivity index (χ0) is 15.6. The predicted octanol–water partition coefficient (Wildman–Crippen LogP) is 5.97. The van der Waals surface area contributed by atoms with Gasteiger partial charge in [-0.1, -0.05) is 58.4 Å². The predicted molar refractivity (Wildman–Crippen MR) is 98.0 cm³/mol. The minimum absolute atomic E-state index is 0.119. The third-order valence-corrected chi connectivity index (χ3v) is 5.12. The standard InChI is InChI=1S/C21H11BrO/c22-14-8-9-17-18(11-14)16-7-3-5-13-10-12-4-1-2-6-15(12)20(19(13)16)21(17)23/h1-11H. The van der Waals surface area contributed by atoms with Gasteiger partial charge in [-0.25, -0.2) is 0 Å². The van der Waals surface area contributed by atoms with Crippen molar-refractivity contribution in [3.05, 3.63) is 82.3 Å². The van der Waals surface area contributed by atoms with E-state index < -0.39 is 0 Å². The Labute approximate surface area is 141 Å². The average Bonchev–Trinajstić information content (AvgIpc) is 2.58. The normalized spacial score (nSPS) is 12.7. The van der Waals surface area contributed by atoms with Gasteiger partial charge in [0.05, 0.1) is 0 Å². The molecule has 0 bridgehead atoms. The first kappa shape index (κ1) is 13.0. The van der Waals surface area contributed by atoms with Crippen LogP contribution in [0.5, 0.6) is 0 Å². The Bertz CT molecular complexity index is 1140. The summed E-state index contributed by atoms with van der Waals surface area (Å²) in [5, 5.41) is 4.34. The lowest BCUT2D eigenvalue weighted by Gasteiger charge is -2.21. The molecule has 0 heterocycles. The Morgan fingerprint density at radius 2 is 1.52 bits per heavy atom. The third kappa shape index (κ3) is 1.70. The molecule has 0 unspecified atom stereocenters. The molecule has 0 fully saturated rings. The molecular formula is C21H11BrO. The topological polar surface area (TPSA) is 17.1 Å². The lowest BCUT2D eigenvalue weighted by molar-refractivity contribution is 0.104. The number of rotatable bonds is 0. The highest BCUT2D eigenvalue weighted by molar-refractivity contribution is 9.10. The van der Waals surface area contributed by atoms with Crippen LogP contribution in [0.3, 0.4) is 0 Å². The highest BCUT2D eigenvalue weighted by Gasteiger charge is 2.27. The number of ketones is 1.